The van der Waals surface area contributed by atoms with Gasteiger partial charge in [-0.15, -0.1) is 0 Å². The predicted molar refractivity (Wildman–Crippen MR) is 145 cm³/mol. The smallest absolute Gasteiger partial charge is 0.255 e. The third-order valence-corrected chi connectivity index (χ3v) is 5.68. The van der Waals surface area contributed by atoms with E-state index < -0.39 is 0 Å². The standard InChI is InChI=1S/C30H25N3O4/c1-19(34)21-3-7-23(8-4-21)29(36)32-27-15-11-25(12-16-27)31-26-13-17-28(18-14-26)33-30(37)24-9-5-22(6-10-24)20(2)35/h3-18,31H,1-2H3,(H,32,36)(H,33,37). The van der Waals surface area contributed by atoms with Crippen LogP contribution in [0, 0.1) is 0 Å². The quantitative estimate of drug-likeness (QED) is 0.250. The van der Waals surface area contributed by atoms with Crippen molar-refractivity contribution in [1.82, 2.24) is 0 Å². The topological polar surface area (TPSA) is 104 Å². The number of anilines is 4. The molecule has 0 spiro atoms. The van der Waals surface area contributed by atoms with Crippen molar-refractivity contribution in [3.63, 3.8) is 0 Å². The molecule has 0 saturated carbocycles. The average molecular weight is 492 g/mol. The molecule has 7 heteroatoms. The van der Waals surface area contributed by atoms with Crippen molar-refractivity contribution in [3.05, 3.63) is 119 Å². The summed E-state index contributed by atoms with van der Waals surface area (Å²) in [5.74, 6) is -0.620. The summed E-state index contributed by atoms with van der Waals surface area (Å²) < 4.78 is 0. The van der Waals surface area contributed by atoms with Crippen LogP contribution in [-0.2, 0) is 0 Å². The molecule has 7 nitrogen and oxygen atoms in total. The fourth-order valence-electron chi connectivity index (χ4n) is 3.56. The molecule has 0 fully saturated rings. The lowest BCUT2D eigenvalue weighted by Gasteiger charge is -2.10. The first-order valence-electron chi connectivity index (χ1n) is 11.6. The Labute approximate surface area is 214 Å². The SMILES string of the molecule is CC(=O)c1ccc(C(=O)Nc2ccc(Nc3ccc(NC(=O)c4ccc(C(C)=O)cc4)cc3)cc2)cc1. The maximum atomic E-state index is 12.5. The summed E-state index contributed by atoms with van der Waals surface area (Å²) in [6, 6.07) is 27.5. The molecule has 4 aromatic carbocycles. The van der Waals surface area contributed by atoms with E-state index in [1.165, 1.54) is 13.8 Å². The number of rotatable bonds is 8. The minimum atomic E-state index is -0.261. The molecule has 0 saturated heterocycles. The number of carbonyl (C=O) groups excluding carboxylic acids is 4. The zero-order chi connectivity index (χ0) is 26.4. The molecule has 0 aliphatic carbocycles. The van der Waals surface area contributed by atoms with Gasteiger partial charge in [-0.3, -0.25) is 19.2 Å². The van der Waals surface area contributed by atoms with Crippen molar-refractivity contribution in [3.8, 4) is 0 Å². The van der Waals surface area contributed by atoms with Crippen LogP contribution in [0.15, 0.2) is 97.1 Å². The first kappa shape index (κ1) is 25.1. The van der Waals surface area contributed by atoms with Gasteiger partial charge in [0.2, 0.25) is 0 Å². The third-order valence-electron chi connectivity index (χ3n) is 5.68. The summed E-state index contributed by atoms with van der Waals surface area (Å²) in [5, 5.41) is 8.95. The molecular formula is C30H25N3O4. The lowest BCUT2D eigenvalue weighted by Crippen LogP contribution is -2.12. The molecule has 0 bridgehead atoms. The molecule has 0 unspecified atom stereocenters. The van der Waals surface area contributed by atoms with Crippen LogP contribution >= 0.6 is 0 Å². The van der Waals surface area contributed by atoms with Gasteiger partial charge in [0, 0.05) is 45.0 Å². The minimum Gasteiger partial charge on any atom is -0.356 e. The van der Waals surface area contributed by atoms with Crippen LogP contribution in [0.3, 0.4) is 0 Å². The predicted octanol–water partition coefficient (Wildman–Crippen LogP) is 6.34. The van der Waals surface area contributed by atoms with E-state index in [9.17, 15) is 19.2 Å². The number of benzene rings is 4. The Kier molecular flexibility index (Phi) is 7.54. The second-order valence-corrected chi connectivity index (χ2v) is 8.46. The molecule has 0 radical (unpaired) electrons. The van der Waals surface area contributed by atoms with E-state index in [1.807, 2.05) is 24.3 Å². The minimum absolute atomic E-state index is 0.0493. The summed E-state index contributed by atoms with van der Waals surface area (Å²) in [4.78, 5) is 47.7. The van der Waals surface area contributed by atoms with E-state index in [2.05, 4.69) is 16.0 Å². The van der Waals surface area contributed by atoms with Crippen molar-refractivity contribution in [1.29, 1.82) is 0 Å². The van der Waals surface area contributed by atoms with E-state index in [-0.39, 0.29) is 23.4 Å². The lowest BCUT2D eigenvalue weighted by molar-refractivity contribution is 0.100. The Morgan fingerprint density at radius 3 is 0.973 bits per heavy atom. The second kappa shape index (κ2) is 11.1. The maximum Gasteiger partial charge on any atom is 0.255 e. The van der Waals surface area contributed by atoms with E-state index in [0.717, 1.165) is 11.4 Å². The van der Waals surface area contributed by atoms with E-state index >= 15 is 0 Å². The van der Waals surface area contributed by atoms with Crippen molar-refractivity contribution in [2.24, 2.45) is 0 Å². The summed E-state index contributed by atoms with van der Waals surface area (Å²) in [6.45, 7) is 2.96. The van der Waals surface area contributed by atoms with Gasteiger partial charge in [-0.2, -0.15) is 0 Å². The zero-order valence-corrected chi connectivity index (χ0v) is 20.4. The largest absolute Gasteiger partial charge is 0.356 e. The van der Waals surface area contributed by atoms with Gasteiger partial charge in [0.25, 0.3) is 11.8 Å². The number of hydrogen-bond acceptors (Lipinski definition) is 5. The Morgan fingerprint density at radius 2 is 0.676 bits per heavy atom. The van der Waals surface area contributed by atoms with Crippen LogP contribution < -0.4 is 16.0 Å². The molecule has 0 heterocycles. The Morgan fingerprint density at radius 1 is 0.405 bits per heavy atom. The summed E-state index contributed by atoms with van der Waals surface area (Å²) in [6.07, 6.45) is 0. The number of amides is 2. The number of carbonyl (C=O) groups is 4. The molecule has 4 rings (SSSR count). The fraction of sp³-hybridized carbons (Fsp3) is 0.0667. The molecule has 0 aromatic heterocycles. The van der Waals surface area contributed by atoms with Crippen LogP contribution in [-0.4, -0.2) is 23.4 Å². The van der Waals surface area contributed by atoms with Crippen LogP contribution in [0.4, 0.5) is 22.7 Å². The third kappa shape index (κ3) is 6.55. The van der Waals surface area contributed by atoms with Crippen molar-refractivity contribution < 1.29 is 19.2 Å². The average Bonchev–Trinajstić information content (AvgIpc) is 2.91. The lowest BCUT2D eigenvalue weighted by atomic mass is 10.1. The highest BCUT2D eigenvalue weighted by Gasteiger charge is 2.09. The fourth-order valence-corrected chi connectivity index (χ4v) is 3.56. The Hall–Kier alpha value is -5.04. The van der Waals surface area contributed by atoms with E-state index in [4.69, 9.17) is 0 Å². The molecule has 0 aliphatic heterocycles. The van der Waals surface area contributed by atoms with Gasteiger partial charge >= 0.3 is 0 Å². The molecule has 184 valence electrons. The van der Waals surface area contributed by atoms with Crippen molar-refractivity contribution in [2.75, 3.05) is 16.0 Å². The number of ketones is 2. The number of Topliss-reactive ketones (excluding diaryl/α,β-unsaturated/α-hetero) is 2. The first-order chi connectivity index (χ1) is 17.8. The van der Waals surface area contributed by atoms with Gasteiger partial charge in [0.15, 0.2) is 11.6 Å². The highest BCUT2D eigenvalue weighted by molar-refractivity contribution is 6.06. The normalized spacial score (nSPS) is 10.3. The van der Waals surface area contributed by atoms with Crippen LogP contribution in [0.25, 0.3) is 0 Å². The number of nitrogens with one attached hydrogen (secondary N) is 3. The van der Waals surface area contributed by atoms with E-state index in [1.54, 1.807) is 72.8 Å². The molecule has 0 aliphatic rings. The molecule has 0 atom stereocenters. The van der Waals surface area contributed by atoms with Crippen molar-refractivity contribution >= 4 is 46.1 Å². The summed E-state index contributed by atoms with van der Waals surface area (Å²) >= 11 is 0. The molecular weight excluding hydrogens is 466 g/mol. The van der Waals surface area contributed by atoms with Gasteiger partial charge in [0.05, 0.1) is 0 Å². The highest BCUT2D eigenvalue weighted by atomic mass is 16.2. The monoisotopic (exact) mass is 491 g/mol. The van der Waals surface area contributed by atoms with Gasteiger partial charge in [-0.25, -0.2) is 0 Å². The maximum absolute atomic E-state index is 12.5. The second-order valence-electron chi connectivity index (χ2n) is 8.46. The summed E-state index contributed by atoms with van der Waals surface area (Å²) in [7, 11) is 0. The molecule has 37 heavy (non-hydrogen) atoms. The first-order valence-corrected chi connectivity index (χ1v) is 11.6. The highest BCUT2D eigenvalue weighted by Crippen LogP contribution is 2.21. The van der Waals surface area contributed by atoms with Crippen LogP contribution in [0.5, 0.6) is 0 Å². The zero-order valence-electron chi connectivity index (χ0n) is 20.4. The Bertz CT molecular complexity index is 1330. The Balaban J connectivity index is 1.32. The van der Waals surface area contributed by atoms with Crippen molar-refractivity contribution in [2.45, 2.75) is 13.8 Å². The van der Waals surface area contributed by atoms with Gasteiger partial charge in [0.1, 0.15) is 0 Å². The molecule has 2 amide bonds. The molecule has 4 aromatic rings. The van der Waals surface area contributed by atoms with Crippen LogP contribution in [0.2, 0.25) is 0 Å². The van der Waals surface area contributed by atoms with E-state index in [0.29, 0.717) is 33.6 Å². The van der Waals surface area contributed by atoms with Crippen LogP contribution in [0.1, 0.15) is 55.3 Å². The van der Waals surface area contributed by atoms with Gasteiger partial charge < -0.3 is 16.0 Å². The number of hydrogen-bond donors (Lipinski definition) is 3. The summed E-state index contributed by atoms with van der Waals surface area (Å²) in [5.41, 5.74) is 4.98. The molecule has 3 N–H and O–H groups in total. The van der Waals surface area contributed by atoms with Gasteiger partial charge in [-0.05, 0) is 86.6 Å². The van der Waals surface area contributed by atoms with Gasteiger partial charge in [-0.1, -0.05) is 24.3 Å².